The number of carbonyl (C=O) groups is 1. The highest BCUT2D eigenvalue weighted by Crippen LogP contribution is 2.15. The van der Waals surface area contributed by atoms with E-state index in [0.29, 0.717) is 13.0 Å². The van der Waals surface area contributed by atoms with Gasteiger partial charge in [-0.1, -0.05) is 30.3 Å². The van der Waals surface area contributed by atoms with Crippen LogP contribution < -0.4 is 0 Å². The Labute approximate surface area is 114 Å². The first-order valence-electron chi connectivity index (χ1n) is 6.86. The van der Waals surface area contributed by atoms with E-state index in [-0.39, 0.29) is 18.6 Å². The lowest BCUT2D eigenvalue weighted by atomic mass is 10.1. The molecule has 0 aromatic heterocycles. The van der Waals surface area contributed by atoms with Gasteiger partial charge >= 0.3 is 0 Å². The van der Waals surface area contributed by atoms with Crippen LogP contribution in [0.2, 0.25) is 0 Å². The minimum absolute atomic E-state index is 0.0555. The molecule has 1 amide bonds. The second kappa shape index (κ2) is 6.68. The number of amides is 1. The van der Waals surface area contributed by atoms with Gasteiger partial charge in [0.2, 0.25) is 5.91 Å². The standard InChI is InChI=1S/C15H22N2O2/c1-16-9-5-10-17(15(19)14(16)8-11-18)12-13-6-3-2-4-7-13/h2-4,6-7,14,18H,5,8-12H2,1H3. The second-order valence-corrected chi connectivity index (χ2v) is 5.11. The normalized spacial score (nSPS) is 21.5. The van der Waals surface area contributed by atoms with Crippen molar-refractivity contribution >= 4 is 5.91 Å². The molecule has 0 radical (unpaired) electrons. The fourth-order valence-electron chi connectivity index (χ4n) is 2.60. The number of hydrogen-bond acceptors (Lipinski definition) is 3. The summed E-state index contributed by atoms with van der Waals surface area (Å²) in [6.45, 7) is 2.41. The van der Waals surface area contributed by atoms with Crippen LogP contribution in [0.25, 0.3) is 0 Å². The van der Waals surface area contributed by atoms with E-state index >= 15 is 0 Å². The van der Waals surface area contributed by atoms with Crippen molar-refractivity contribution in [3.05, 3.63) is 35.9 Å². The van der Waals surface area contributed by atoms with Gasteiger partial charge in [0.1, 0.15) is 0 Å². The molecule has 1 unspecified atom stereocenters. The highest BCUT2D eigenvalue weighted by atomic mass is 16.3. The predicted octanol–water partition coefficient (Wildman–Crippen LogP) is 1.10. The molecular formula is C15H22N2O2. The molecule has 1 fully saturated rings. The van der Waals surface area contributed by atoms with E-state index in [1.807, 2.05) is 42.3 Å². The number of nitrogens with zero attached hydrogens (tertiary/aromatic N) is 2. The first-order valence-corrected chi connectivity index (χ1v) is 6.86. The number of aliphatic hydroxyl groups is 1. The van der Waals surface area contributed by atoms with Crippen molar-refractivity contribution in [2.75, 3.05) is 26.7 Å². The summed E-state index contributed by atoms with van der Waals surface area (Å²) in [5.74, 6) is 0.137. The number of benzene rings is 1. The van der Waals surface area contributed by atoms with Crippen LogP contribution in [0.1, 0.15) is 18.4 Å². The maximum atomic E-state index is 12.5. The number of aliphatic hydroxyl groups excluding tert-OH is 1. The van der Waals surface area contributed by atoms with Crippen LogP contribution in [-0.2, 0) is 11.3 Å². The monoisotopic (exact) mass is 262 g/mol. The Bertz CT molecular complexity index is 408. The minimum atomic E-state index is -0.184. The predicted molar refractivity (Wildman–Crippen MR) is 74.6 cm³/mol. The maximum absolute atomic E-state index is 12.5. The molecule has 4 heteroatoms. The van der Waals surface area contributed by atoms with Crippen LogP contribution in [0.5, 0.6) is 0 Å². The van der Waals surface area contributed by atoms with Gasteiger partial charge in [0, 0.05) is 26.2 Å². The molecule has 1 aliphatic heterocycles. The first-order chi connectivity index (χ1) is 9.22. The smallest absolute Gasteiger partial charge is 0.240 e. The Morgan fingerprint density at radius 2 is 2.00 bits per heavy atom. The third-order valence-electron chi connectivity index (χ3n) is 3.69. The molecule has 1 heterocycles. The highest BCUT2D eigenvalue weighted by molar-refractivity contribution is 5.82. The van der Waals surface area contributed by atoms with E-state index in [2.05, 4.69) is 4.90 Å². The molecule has 2 rings (SSSR count). The summed E-state index contributed by atoms with van der Waals surface area (Å²) in [6.07, 6.45) is 1.50. The van der Waals surface area contributed by atoms with Gasteiger partial charge in [-0.05, 0) is 25.5 Å². The molecular weight excluding hydrogens is 240 g/mol. The van der Waals surface area contributed by atoms with Crippen molar-refractivity contribution in [1.82, 2.24) is 9.80 Å². The zero-order chi connectivity index (χ0) is 13.7. The van der Waals surface area contributed by atoms with E-state index in [1.165, 1.54) is 0 Å². The molecule has 1 aromatic rings. The summed E-state index contributed by atoms with van der Waals surface area (Å²) in [7, 11) is 1.96. The molecule has 1 aromatic carbocycles. The van der Waals surface area contributed by atoms with Crippen molar-refractivity contribution in [3.63, 3.8) is 0 Å². The van der Waals surface area contributed by atoms with Gasteiger partial charge in [-0.25, -0.2) is 0 Å². The van der Waals surface area contributed by atoms with Gasteiger partial charge in [0.05, 0.1) is 6.04 Å². The Morgan fingerprint density at radius 3 is 2.68 bits per heavy atom. The van der Waals surface area contributed by atoms with E-state index in [9.17, 15) is 4.79 Å². The molecule has 0 spiro atoms. The molecule has 1 saturated heterocycles. The molecule has 1 N–H and O–H groups in total. The summed E-state index contributed by atoms with van der Waals surface area (Å²) in [5.41, 5.74) is 1.16. The average molecular weight is 262 g/mol. The largest absolute Gasteiger partial charge is 0.396 e. The molecule has 0 bridgehead atoms. The van der Waals surface area contributed by atoms with Gasteiger partial charge in [-0.3, -0.25) is 9.69 Å². The van der Waals surface area contributed by atoms with Gasteiger partial charge < -0.3 is 10.0 Å². The maximum Gasteiger partial charge on any atom is 0.240 e. The van der Waals surface area contributed by atoms with Crippen LogP contribution in [0.15, 0.2) is 30.3 Å². The van der Waals surface area contributed by atoms with Crippen molar-refractivity contribution < 1.29 is 9.90 Å². The second-order valence-electron chi connectivity index (χ2n) is 5.11. The Morgan fingerprint density at radius 1 is 1.26 bits per heavy atom. The summed E-state index contributed by atoms with van der Waals surface area (Å²) in [4.78, 5) is 16.5. The lowest BCUT2D eigenvalue weighted by Gasteiger charge is -2.27. The molecule has 1 atom stereocenters. The van der Waals surface area contributed by atoms with E-state index in [0.717, 1.165) is 25.1 Å². The quantitative estimate of drug-likeness (QED) is 0.884. The Hall–Kier alpha value is -1.39. The Kier molecular flexibility index (Phi) is 4.93. The first kappa shape index (κ1) is 14.0. The SMILES string of the molecule is CN1CCCN(Cc2ccccc2)C(=O)C1CCO. The summed E-state index contributed by atoms with van der Waals surface area (Å²) >= 11 is 0. The fraction of sp³-hybridized carbons (Fsp3) is 0.533. The van der Waals surface area contributed by atoms with Crippen LogP contribution in [-0.4, -0.2) is 53.6 Å². The van der Waals surface area contributed by atoms with E-state index in [4.69, 9.17) is 5.11 Å². The molecule has 1 aliphatic rings. The molecule has 19 heavy (non-hydrogen) atoms. The number of hydrogen-bond donors (Lipinski definition) is 1. The molecule has 0 aliphatic carbocycles. The lowest BCUT2D eigenvalue weighted by molar-refractivity contribution is -0.136. The van der Waals surface area contributed by atoms with Crippen LogP contribution in [0.4, 0.5) is 0 Å². The molecule has 0 saturated carbocycles. The molecule has 4 nitrogen and oxygen atoms in total. The van der Waals surface area contributed by atoms with Crippen molar-refractivity contribution in [1.29, 1.82) is 0 Å². The lowest BCUT2D eigenvalue weighted by Crippen LogP contribution is -2.44. The average Bonchev–Trinajstić information content (AvgIpc) is 2.55. The zero-order valence-corrected chi connectivity index (χ0v) is 11.5. The van der Waals surface area contributed by atoms with Crippen LogP contribution in [0, 0.1) is 0 Å². The Balaban J connectivity index is 2.09. The van der Waals surface area contributed by atoms with Crippen molar-refractivity contribution in [3.8, 4) is 0 Å². The third-order valence-corrected chi connectivity index (χ3v) is 3.69. The number of rotatable bonds is 4. The van der Waals surface area contributed by atoms with Crippen molar-refractivity contribution in [2.24, 2.45) is 0 Å². The van der Waals surface area contributed by atoms with E-state index < -0.39 is 0 Å². The molecule has 104 valence electrons. The van der Waals surface area contributed by atoms with Crippen LogP contribution >= 0.6 is 0 Å². The van der Waals surface area contributed by atoms with E-state index in [1.54, 1.807) is 0 Å². The summed E-state index contributed by atoms with van der Waals surface area (Å²) in [5, 5.41) is 9.12. The summed E-state index contributed by atoms with van der Waals surface area (Å²) in [6, 6.07) is 9.88. The van der Waals surface area contributed by atoms with Gasteiger partial charge in [0.25, 0.3) is 0 Å². The third kappa shape index (κ3) is 3.55. The van der Waals surface area contributed by atoms with Gasteiger partial charge in [0.15, 0.2) is 0 Å². The zero-order valence-electron chi connectivity index (χ0n) is 11.5. The van der Waals surface area contributed by atoms with Crippen molar-refractivity contribution in [2.45, 2.75) is 25.4 Å². The highest BCUT2D eigenvalue weighted by Gasteiger charge is 2.29. The summed E-state index contributed by atoms with van der Waals surface area (Å²) < 4.78 is 0. The number of carbonyl (C=O) groups excluding carboxylic acids is 1. The van der Waals surface area contributed by atoms with Gasteiger partial charge in [-0.2, -0.15) is 0 Å². The van der Waals surface area contributed by atoms with Crippen LogP contribution in [0.3, 0.4) is 0 Å². The number of likely N-dealkylation sites (N-methyl/N-ethyl adjacent to an activating group) is 1. The topological polar surface area (TPSA) is 43.8 Å². The van der Waals surface area contributed by atoms with Gasteiger partial charge in [-0.15, -0.1) is 0 Å². The minimum Gasteiger partial charge on any atom is -0.396 e. The fourth-order valence-corrected chi connectivity index (χ4v) is 2.60.